The zero-order valence-corrected chi connectivity index (χ0v) is 12.4. The van der Waals surface area contributed by atoms with Crippen molar-refractivity contribution in [1.82, 2.24) is 9.78 Å². The van der Waals surface area contributed by atoms with Gasteiger partial charge in [0.2, 0.25) is 0 Å². The molecule has 4 nitrogen and oxygen atoms in total. The molecule has 1 N–H and O–H groups in total. The van der Waals surface area contributed by atoms with Crippen molar-refractivity contribution in [2.24, 2.45) is 0 Å². The number of nitrogens with one attached hydrogen (secondary N) is 1. The van der Waals surface area contributed by atoms with Crippen LogP contribution in [-0.4, -0.2) is 15.7 Å². The zero-order chi connectivity index (χ0) is 13.1. The van der Waals surface area contributed by atoms with Crippen molar-refractivity contribution < 1.29 is 4.79 Å². The van der Waals surface area contributed by atoms with Gasteiger partial charge < -0.3 is 5.32 Å². The molecule has 0 spiro atoms. The molecule has 0 aliphatic carbocycles. The van der Waals surface area contributed by atoms with Crippen molar-refractivity contribution in [2.45, 2.75) is 19.9 Å². The fourth-order valence-electron chi connectivity index (χ4n) is 1.65. The number of hydrogen-bond acceptors (Lipinski definition) is 2. The van der Waals surface area contributed by atoms with E-state index >= 15 is 0 Å². The molecule has 1 amide bonds. The Morgan fingerprint density at radius 2 is 2.06 bits per heavy atom. The van der Waals surface area contributed by atoms with Crippen molar-refractivity contribution in [2.75, 3.05) is 5.32 Å². The van der Waals surface area contributed by atoms with Crippen LogP contribution in [0.2, 0.25) is 0 Å². The van der Waals surface area contributed by atoms with Gasteiger partial charge in [-0.3, -0.25) is 4.79 Å². The highest BCUT2D eigenvalue weighted by atomic mass is 127. The van der Waals surface area contributed by atoms with Crippen molar-refractivity contribution in [3.63, 3.8) is 0 Å². The lowest BCUT2D eigenvalue weighted by atomic mass is 10.2. The Hall–Kier alpha value is -1.37. The van der Waals surface area contributed by atoms with Crippen LogP contribution in [-0.2, 0) is 0 Å². The molecule has 0 aliphatic rings. The summed E-state index contributed by atoms with van der Waals surface area (Å²) in [7, 11) is 0. The number of rotatable bonds is 3. The van der Waals surface area contributed by atoms with Crippen LogP contribution in [0.25, 0.3) is 0 Å². The van der Waals surface area contributed by atoms with E-state index in [9.17, 15) is 4.79 Å². The number of aromatic nitrogens is 2. The first-order valence-corrected chi connectivity index (χ1v) is 6.77. The number of hydrogen-bond donors (Lipinski definition) is 1. The van der Waals surface area contributed by atoms with Crippen LogP contribution < -0.4 is 5.32 Å². The Morgan fingerprint density at radius 1 is 1.33 bits per heavy atom. The second kappa shape index (κ2) is 5.51. The van der Waals surface area contributed by atoms with Gasteiger partial charge in [0.1, 0.15) is 5.82 Å². The predicted octanol–water partition coefficient (Wildman–Crippen LogP) is 3.32. The van der Waals surface area contributed by atoms with Crippen molar-refractivity contribution >= 4 is 34.3 Å². The molecule has 2 aromatic rings. The van der Waals surface area contributed by atoms with E-state index in [-0.39, 0.29) is 11.9 Å². The molecule has 0 bridgehead atoms. The van der Waals surface area contributed by atoms with Crippen molar-refractivity contribution in [3.05, 3.63) is 45.7 Å². The SMILES string of the molecule is CC(C)n1nccc1NC(=O)c1ccccc1I. The van der Waals surface area contributed by atoms with Gasteiger partial charge in [0.15, 0.2) is 0 Å². The maximum atomic E-state index is 12.2. The monoisotopic (exact) mass is 355 g/mol. The van der Waals surface area contributed by atoms with E-state index in [1.54, 1.807) is 16.9 Å². The Kier molecular flexibility index (Phi) is 4.00. The molecule has 5 heteroatoms. The molecule has 1 aromatic heterocycles. The molecule has 2 rings (SSSR count). The summed E-state index contributed by atoms with van der Waals surface area (Å²) in [6.07, 6.45) is 1.69. The van der Waals surface area contributed by atoms with Gasteiger partial charge in [-0.05, 0) is 48.6 Å². The number of nitrogens with zero attached hydrogens (tertiary/aromatic N) is 2. The molecule has 0 unspecified atom stereocenters. The minimum absolute atomic E-state index is 0.109. The van der Waals surface area contributed by atoms with Crippen LogP contribution in [0.1, 0.15) is 30.2 Å². The normalized spacial score (nSPS) is 10.7. The summed E-state index contributed by atoms with van der Waals surface area (Å²) in [4.78, 5) is 12.2. The van der Waals surface area contributed by atoms with Gasteiger partial charge in [0.25, 0.3) is 5.91 Å². The molecule has 0 fully saturated rings. The molecular formula is C13H14IN3O. The number of anilines is 1. The topological polar surface area (TPSA) is 46.9 Å². The summed E-state index contributed by atoms with van der Waals surface area (Å²) < 4.78 is 2.72. The quantitative estimate of drug-likeness (QED) is 0.859. The van der Waals surface area contributed by atoms with Gasteiger partial charge in [-0.2, -0.15) is 5.10 Å². The highest BCUT2D eigenvalue weighted by Gasteiger charge is 2.12. The number of halogens is 1. The standard InChI is InChI=1S/C13H14IN3O/c1-9(2)17-12(7-8-15-17)16-13(18)10-5-3-4-6-11(10)14/h3-9H,1-2H3,(H,16,18). The maximum absolute atomic E-state index is 12.2. The van der Waals surface area contributed by atoms with E-state index in [0.717, 1.165) is 9.39 Å². The van der Waals surface area contributed by atoms with Crippen LogP contribution in [0.4, 0.5) is 5.82 Å². The molecule has 0 aliphatic heterocycles. The van der Waals surface area contributed by atoms with Crippen molar-refractivity contribution in [1.29, 1.82) is 0 Å². The highest BCUT2D eigenvalue weighted by molar-refractivity contribution is 14.1. The number of amides is 1. The number of benzene rings is 1. The van der Waals surface area contributed by atoms with E-state index in [0.29, 0.717) is 5.56 Å². The summed E-state index contributed by atoms with van der Waals surface area (Å²) in [5.74, 6) is 0.608. The van der Waals surface area contributed by atoms with Gasteiger partial charge in [-0.25, -0.2) is 4.68 Å². The fraction of sp³-hybridized carbons (Fsp3) is 0.231. The lowest BCUT2D eigenvalue weighted by Gasteiger charge is -2.12. The second-order valence-corrected chi connectivity index (χ2v) is 5.35. The summed E-state index contributed by atoms with van der Waals surface area (Å²) in [5.41, 5.74) is 0.676. The van der Waals surface area contributed by atoms with E-state index in [1.807, 2.05) is 38.1 Å². The van der Waals surface area contributed by atoms with Crippen molar-refractivity contribution in [3.8, 4) is 0 Å². The predicted molar refractivity (Wildman–Crippen MR) is 79.7 cm³/mol. The van der Waals surface area contributed by atoms with Crippen LogP contribution in [0.5, 0.6) is 0 Å². The molecule has 0 saturated heterocycles. The summed E-state index contributed by atoms with van der Waals surface area (Å²) in [6.45, 7) is 4.05. The smallest absolute Gasteiger partial charge is 0.257 e. The maximum Gasteiger partial charge on any atom is 0.257 e. The minimum Gasteiger partial charge on any atom is -0.307 e. The van der Waals surface area contributed by atoms with E-state index in [4.69, 9.17) is 0 Å². The molecule has 0 saturated carbocycles. The summed E-state index contributed by atoms with van der Waals surface area (Å²) >= 11 is 2.16. The number of carbonyl (C=O) groups excluding carboxylic acids is 1. The minimum atomic E-state index is -0.109. The Balaban J connectivity index is 2.22. The van der Waals surface area contributed by atoms with E-state index < -0.39 is 0 Å². The third-order valence-corrected chi connectivity index (χ3v) is 3.46. The summed E-state index contributed by atoms with van der Waals surface area (Å²) in [6, 6.07) is 9.51. The molecule has 94 valence electrons. The van der Waals surface area contributed by atoms with Gasteiger partial charge in [-0.15, -0.1) is 0 Å². The van der Waals surface area contributed by atoms with Gasteiger partial charge in [0, 0.05) is 15.7 Å². The first kappa shape index (κ1) is 13.1. The molecular weight excluding hydrogens is 341 g/mol. The molecule has 1 heterocycles. The average Bonchev–Trinajstić information content (AvgIpc) is 2.77. The van der Waals surface area contributed by atoms with Gasteiger partial charge >= 0.3 is 0 Å². The van der Waals surface area contributed by atoms with Gasteiger partial charge in [-0.1, -0.05) is 12.1 Å². The summed E-state index contributed by atoms with van der Waals surface area (Å²) in [5, 5.41) is 7.07. The number of carbonyl (C=O) groups is 1. The molecule has 0 radical (unpaired) electrons. The molecule has 18 heavy (non-hydrogen) atoms. The molecule has 1 aromatic carbocycles. The third kappa shape index (κ3) is 2.72. The Bertz CT molecular complexity index is 563. The zero-order valence-electron chi connectivity index (χ0n) is 10.2. The first-order valence-electron chi connectivity index (χ1n) is 5.69. The lowest BCUT2D eigenvalue weighted by molar-refractivity contribution is 0.102. The molecule has 0 atom stereocenters. The Morgan fingerprint density at radius 3 is 2.72 bits per heavy atom. The highest BCUT2D eigenvalue weighted by Crippen LogP contribution is 2.16. The first-order chi connectivity index (χ1) is 8.59. The van der Waals surface area contributed by atoms with Gasteiger partial charge in [0.05, 0.1) is 11.8 Å². The van der Waals surface area contributed by atoms with Crippen LogP contribution in [0.3, 0.4) is 0 Å². The fourth-order valence-corrected chi connectivity index (χ4v) is 2.29. The Labute approximate surface area is 120 Å². The van der Waals surface area contributed by atoms with Crippen LogP contribution in [0, 0.1) is 3.57 Å². The van der Waals surface area contributed by atoms with Crippen LogP contribution in [0.15, 0.2) is 36.5 Å². The van der Waals surface area contributed by atoms with E-state index in [1.165, 1.54) is 0 Å². The van der Waals surface area contributed by atoms with E-state index in [2.05, 4.69) is 33.0 Å². The second-order valence-electron chi connectivity index (χ2n) is 4.19. The largest absolute Gasteiger partial charge is 0.307 e. The average molecular weight is 355 g/mol. The third-order valence-electron chi connectivity index (χ3n) is 2.52. The van der Waals surface area contributed by atoms with Crippen LogP contribution >= 0.6 is 22.6 Å². The lowest BCUT2D eigenvalue weighted by Crippen LogP contribution is -2.17.